The van der Waals surface area contributed by atoms with Crippen molar-refractivity contribution in [2.75, 3.05) is 19.6 Å². The lowest BCUT2D eigenvalue weighted by atomic mass is 10.2. The van der Waals surface area contributed by atoms with Gasteiger partial charge < -0.3 is 10.2 Å². The molecule has 1 atom stereocenters. The Morgan fingerprint density at radius 3 is 2.60 bits per heavy atom. The van der Waals surface area contributed by atoms with Crippen molar-refractivity contribution >= 4 is 18.3 Å². The van der Waals surface area contributed by atoms with Crippen LogP contribution in [0.5, 0.6) is 0 Å². The number of amides is 1. The van der Waals surface area contributed by atoms with E-state index in [0.29, 0.717) is 19.6 Å². The van der Waals surface area contributed by atoms with Crippen LogP contribution in [-0.4, -0.2) is 42.7 Å². The van der Waals surface area contributed by atoms with Crippen molar-refractivity contribution < 1.29 is 18.0 Å². The first-order valence-corrected chi connectivity index (χ1v) is 4.47. The average Bonchev–Trinajstić information content (AvgIpc) is 2.01. The summed E-state index contributed by atoms with van der Waals surface area (Å²) in [7, 11) is 0. The number of rotatable bonds is 1. The Morgan fingerprint density at radius 1 is 1.53 bits per heavy atom. The summed E-state index contributed by atoms with van der Waals surface area (Å²) >= 11 is 0. The highest BCUT2D eigenvalue weighted by atomic mass is 35.5. The number of hydrogen-bond donors (Lipinski definition) is 1. The predicted octanol–water partition coefficient (Wildman–Crippen LogP) is 1.18. The molecule has 7 heteroatoms. The molecule has 90 valence electrons. The highest BCUT2D eigenvalue weighted by molar-refractivity contribution is 5.85. The third kappa shape index (κ3) is 4.70. The van der Waals surface area contributed by atoms with Gasteiger partial charge in [-0.3, -0.25) is 4.79 Å². The number of nitrogens with one attached hydrogen (secondary N) is 1. The molecule has 15 heavy (non-hydrogen) atoms. The molecule has 0 saturated carbocycles. The molecule has 0 aromatic heterocycles. The SMILES string of the molecule is C[C@@H]1CNCCN1C(=O)CC(F)(F)F.Cl. The van der Waals surface area contributed by atoms with Gasteiger partial charge in [-0.25, -0.2) is 0 Å². The quantitative estimate of drug-likeness (QED) is 0.754. The highest BCUT2D eigenvalue weighted by Crippen LogP contribution is 2.21. The minimum absolute atomic E-state index is 0. The minimum Gasteiger partial charge on any atom is -0.337 e. The van der Waals surface area contributed by atoms with Gasteiger partial charge in [0.25, 0.3) is 0 Å². The lowest BCUT2D eigenvalue weighted by Gasteiger charge is -2.34. The Balaban J connectivity index is 0.00000196. The first kappa shape index (κ1) is 14.5. The molecular weight excluding hydrogens is 233 g/mol. The predicted molar refractivity (Wildman–Crippen MR) is 52.0 cm³/mol. The van der Waals surface area contributed by atoms with E-state index in [9.17, 15) is 18.0 Å². The highest BCUT2D eigenvalue weighted by Gasteiger charge is 2.35. The molecule has 1 fully saturated rings. The Morgan fingerprint density at radius 2 is 2.13 bits per heavy atom. The van der Waals surface area contributed by atoms with Gasteiger partial charge in [0.15, 0.2) is 0 Å². The van der Waals surface area contributed by atoms with E-state index in [4.69, 9.17) is 0 Å². The fraction of sp³-hybridized carbons (Fsp3) is 0.875. The molecule has 1 aliphatic rings. The summed E-state index contributed by atoms with van der Waals surface area (Å²) in [6, 6.07) is -0.154. The number of alkyl halides is 3. The topological polar surface area (TPSA) is 32.3 Å². The van der Waals surface area contributed by atoms with Crippen molar-refractivity contribution in [3.8, 4) is 0 Å². The number of carbonyl (C=O) groups is 1. The Bertz CT molecular complexity index is 222. The fourth-order valence-corrected chi connectivity index (χ4v) is 1.48. The Labute approximate surface area is 92.4 Å². The van der Waals surface area contributed by atoms with Gasteiger partial charge in [0.05, 0.1) is 0 Å². The number of carbonyl (C=O) groups excluding carboxylic acids is 1. The van der Waals surface area contributed by atoms with Crippen LogP contribution in [0.4, 0.5) is 13.2 Å². The van der Waals surface area contributed by atoms with Crippen LogP contribution >= 0.6 is 12.4 Å². The maximum Gasteiger partial charge on any atom is 0.397 e. The van der Waals surface area contributed by atoms with Gasteiger partial charge in [0.2, 0.25) is 5.91 Å². The molecule has 0 spiro atoms. The van der Waals surface area contributed by atoms with E-state index in [-0.39, 0.29) is 18.4 Å². The lowest BCUT2D eigenvalue weighted by Crippen LogP contribution is -2.52. The molecule has 3 nitrogen and oxygen atoms in total. The Hall–Kier alpha value is -0.490. The van der Waals surface area contributed by atoms with Gasteiger partial charge in [-0.2, -0.15) is 13.2 Å². The van der Waals surface area contributed by atoms with Crippen LogP contribution in [0.25, 0.3) is 0 Å². The van der Waals surface area contributed by atoms with Gasteiger partial charge in [0, 0.05) is 25.7 Å². The van der Waals surface area contributed by atoms with E-state index in [0.717, 1.165) is 0 Å². The van der Waals surface area contributed by atoms with Crippen LogP contribution in [0.15, 0.2) is 0 Å². The molecule has 0 radical (unpaired) electrons. The molecule has 1 heterocycles. The van der Waals surface area contributed by atoms with Gasteiger partial charge in [-0.15, -0.1) is 12.4 Å². The summed E-state index contributed by atoms with van der Waals surface area (Å²) in [4.78, 5) is 12.5. The smallest absolute Gasteiger partial charge is 0.337 e. The molecule has 0 unspecified atom stereocenters. The minimum atomic E-state index is -4.40. The molecule has 0 bridgehead atoms. The maximum absolute atomic E-state index is 11.9. The first-order chi connectivity index (χ1) is 6.40. The summed E-state index contributed by atoms with van der Waals surface area (Å²) in [5.41, 5.74) is 0. The van der Waals surface area contributed by atoms with Crippen LogP contribution in [-0.2, 0) is 4.79 Å². The summed E-state index contributed by atoms with van der Waals surface area (Å²) in [5, 5.41) is 3.01. The van der Waals surface area contributed by atoms with E-state index in [1.54, 1.807) is 6.92 Å². The second kappa shape index (κ2) is 5.55. The second-order valence-corrected chi connectivity index (χ2v) is 3.43. The normalized spacial score (nSPS) is 22.1. The zero-order valence-corrected chi connectivity index (χ0v) is 9.12. The van der Waals surface area contributed by atoms with Gasteiger partial charge >= 0.3 is 6.18 Å². The largest absolute Gasteiger partial charge is 0.397 e. The van der Waals surface area contributed by atoms with Crippen LogP contribution in [0.2, 0.25) is 0 Å². The van der Waals surface area contributed by atoms with Crippen molar-refractivity contribution in [3.63, 3.8) is 0 Å². The van der Waals surface area contributed by atoms with Crippen LogP contribution in [0, 0.1) is 0 Å². The molecule has 1 N–H and O–H groups in total. The first-order valence-electron chi connectivity index (χ1n) is 4.47. The van der Waals surface area contributed by atoms with Crippen molar-refractivity contribution in [2.24, 2.45) is 0 Å². The fourth-order valence-electron chi connectivity index (χ4n) is 1.48. The summed E-state index contributed by atoms with van der Waals surface area (Å²) < 4.78 is 35.8. The van der Waals surface area contributed by atoms with E-state index in [1.807, 2.05) is 0 Å². The summed E-state index contributed by atoms with van der Waals surface area (Å²) in [5.74, 6) is -0.827. The molecule has 1 rings (SSSR count). The van der Waals surface area contributed by atoms with Crippen molar-refractivity contribution in [3.05, 3.63) is 0 Å². The molecule has 1 aliphatic heterocycles. The third-order valence-corrected chi connectivity index (χ3v) is 2.17. The zero-order valence-electron chi connectivity index (χ0n) is 8.30. The molecule has 1 saturated heterocycles. The van der Waals surface area contributed by atoms with Gasteiger partial charge in [0.1, 0.15) is 6.42 Å². The summed E-state index contributed by atoms with van der Waals surface area (Å²) in [6.07, 6.45) is -5.75. The average molecular weight is 247 g/mol. The molecular formula is C8H14ClF3N2O. The summed E-state index contributed by atoms with van der Waals surface area (Å²) in [6.45, 7) is 3.22. The second-order valence-electron chi connectivity index (χ2n) is 3.43. The number of nitrogens with zero attached hydrogens (tertiary/aromatic N) is 1. The van der Waals surface area contributed by atoms with E-state index < -0.39 is 18.5 Å². The Kier molecular flexibility index (Phi) is 5.37. The third-order valence-electron chi connectivity index (χ3n) is 2.17. The van der Waals surface area contributed by atoms with Crippen LogP contribution in [0.1, 0.15) is 13.3 Å². The van der Waals surface area contributed by atoms with Crippen LogP contribution < -0.4 is 5.32 Å². The number of piperazine rings is 1. The van der Waals surface area contributed by atoms with Gasteiger partial charge in [-0.05, 0) is 6.92 Å². The lowest BCUT2D eigenvalue weighted by molar-refractivity contribution is -0.163. The number of halogens is 4. The van der Waals surface area contributed by atoms with Gasteiger partial charge in [-0.1, -0.05) is 0 Å². The van der Waals surface area contributed by atoms with E-state index in [2.05, 4.69) is 5.32 Å². The molecule has 0 aromatic rings. The maximum atomic E-state index is 11.9. The van der Waals surface area contributed by atoms with Crippen molar-refractivity contribution in [1.82, 2.24) is 10.2 Å². The molecule has 1 amide bonds. The zero-order chi connectivity index (χ0) is 10.8. The van der Waals surface area contributed by atoms with Crippen LogP contribution in [0.3, 0.4) is 0 Å². The van der Waals surface area contributed by atoms with Crippen molar-refractivity contribution in [1.29, 1.82) is 0 Å². The molecule has 0 aliphatic carbocycles. The van der Waals surface area contributed by atoms with E-state index >= 15 is 0 Å². The monoisotopic (exact) mass is 246 g/mol. The number of hydrogen-bond acceptors (Lipinski definition) is 2. The standard InChI is InChI=1S/C8H13F3N2O.ClH/c1-6-5-12-2-3-13(6)7(14)4-8(9,10)11;/h6,12H,2-5H2,1H3;1H/t6-;/m1./s1. The van der Waals surface area contributed by atoms with Crippen molar-refractivity contribution in [2.45, 2.75) is 25.6 Å². The van der Waals surface area contributed by atoms with E-state index in [1.165, 1.54) is 4.90 Å². The molecule has 0 aromatic carbocycles.